The third-order valence-corrected chi connectivity index (χ3v) is 11.7. The molecule has 0 aromatic heterocycles. The number of amides is 2. The van der Waals surface area contributed by atoms with Gasteiger partial charge in [-0.25, -0.2) is 5.01 Å². The van der Waals surface area contributed by atoms with Crippen LogP contribution in [0.3, 0.4) is 0 Å². The van der Waals surface area contributed by atoms with Gasteiger partial charge in [0.25, 0.3) is 5.91 Å². The first-order chi connectivity index (χ1) is 20.5. The Balaban J connectivity index is 1.30. The van der Waals surface area contributed by atoms with Gasteiger partial charge in [0.2, 0.25) is 14.3 Å². The number of benzene rings is 3. The molecule has 224 valence electrons. The summed E-state index contributed by atoms with van der Waals surface area (Å²) in [5.41, 5.74) is 2.80. The Morgan fingerprint density at radius 3 is 2.47 bits per heavy atom. The van der Waals surface area contributed by atoms with Gasteiger partial charge in [0, 0.05) is 41.5 Å². The van der Waals surface area contributed by atoms with E-state index in [0.29, 0.717) is 34.8 Å². The fraction of sp³-hybridized carbons (Fsp3) is 0.364. The predicted octanol–water partition coefficient (Wildman–Crippen LogP) is 6.58. The minimum Gasteiger partial charge on any atom is -0.396 e. The monoisotopic (exact) mass is 619 g/mol. The van der Waals surface area contributed by atoms with Gasteiger partial charge in [0.1, 0.15) is 0 Å². The van der Waals surface area contributed by atoms with Crippen molar-refractivity contribution in [2.75, 3.05) is 16.5 Å². The predicted molar refractivity (Wildman–Crippen MR) is 169 cm³/mol. The molecule has 3 aromatic rings. The SMILES string of the molecule is C[C@H]1[C@H]([Si](C)(C)F)[C@@H](CCO)O[C@]12C(=O)N(Cc1ccc(N3N=C(c4ccccc4)CCC3=O)cc1)c1ccc(Cl)cc12. The minimum absolute atomic E-state index is 0.0754. The van der Waals surface area contributed by atoms with Crippen LogP contribution >= 0.6 is 11.6 Å². The number of anilines is 2. The molecule has 0 unspecified atom stereocenters. The number of aliphatic hydroxyl groups is 1. The van der Waals surface area contributed by atoms with Gasteiger partial charge >= 0.3 is 0 Å². The maximum Gasteiger partial charge on any atom is 0.264 e. The maximum atomic E-state index is 15.7. The Bertz CT molecular complexity index is 1580. The van der Waals surface area contributed by atoms with Crippen molar-refractivity contribution in [1.82, 2.24) is 0 Å². The molecule has 1 N–H and O–H groups in total. The molecule has 0 saturated carbocycles. The first-order valence-electron chi connectivity index (χ1n) is 14.7. The van der Waals surface area contributed by atoms with E-state index in [-0.39, 0.29) is 31.4 Å². The highest BCUT2D eigenvalue weighted by atomic mass is 35.5. The summed E-state index contributed by atoms with van der Waals surface area (Å²) in [5, 5.41) is 16.3. The Hall–Kier alpha value is -3.37. The van der Waals surface area contributed by atoms with Crippen molar-refractivity contribution in [2.24, 2.45) is 11.0 Å². The molecule has 0 bridgehead atoms. The summed E-state index contributed by atoms with van der Waals surface area (Å²) >= 11 is 6.43. The van der Waals surface area contributed by atoms with Gasteiger partial charge in [-0.1, -0.05) is 61.0 Å². The number of aliphatic hydroxyl groups excluding tert-OH is 1. The molecule has 1 spiro atoms. The first kappa shape index (κ1) is 29.7. The van der Waals surface area contributed by atoms with E-state index in [1.807, 2.05) is 67.6 Å². The highest BCUT2D eigenvalue weighted by molar-refractivity contribution is 6.72. The van der Waals surface area contributed by atoms with Gasteiger partial charge in [0.05, 0.1) is 29.7 Å². The topological polar surface area (TPSA) is 82.4 Å². The van der Waals surface area contributed by atoms with Gasteiger partial charge in [0.15, 0.2) is 5.60 Å². The number of hydrazone groups is 1. The molecule has 10 heteroatoms. The molecule has 2 amide bonds. The molecule has 6 rings (SSSR count). The van der Waals surface area contributed by atoms with Crippen molar-refractivity contribution in [3.63, 3.8) is 0 Å². The minimum atomic E-state index is -3.28. The molecular formula is C33H35ClFN3O4Si. The summed E-state index contributed by atoms with van der Waals surface area (Å²) in [5.74, 6) is -0.781. The summed E-state index contributed by atoms with van der Waals surface area (Å²) in [6.07, 6.45) is 0.632. The Morgan fingerprint density at radius 1 is 1.07 bits per heavy atom. The summed E-state index contributed by atoms with van der Waals surface area (Å²) in [4.78, 5) is 28.9. The number of nitrogens with zero attached hydrogens (tertiary/aromatic N) is 3. The lowest BCUT2D eigenvalue weighted by Gasteiger charge is -2.31. The van der Waals surface area contributed by atoms with Gasteiger partial charge in [-0.3, -0.25) is 9.59 Å². The number of carbonyl (C=O) groups excluding carboxylic acids is 2. The van der Waals surface area contributed by atoms with E-state index in [1.165, 1.54) is 5.01 Å². The number of rotatable bonds is 7. The van der Waals surface area contributed by atoms with Gasteiger partial charge in [-0.2, -0.15) is 5.10 Å². The molecule has 0 aliphatic carbocycles. The lowest BCUT2D eigenvalue weighted by molar-refractivity contribution is -0.146. The summed E-state index contributed by atoms with van der Waals surface area (Å²) in [6.45, 7) is 5.26. The van der Waals surface area contributed by atoms with Crippen LogP contribution in [0.1, 0.15) is 42.9 Å². The summed E-state index contributed by atoms with van der Waals surface area (Å²) < 4.78 is 22.3. The van der Waals surface area contributed by atoms with Crippen LogP contribution in [0, 0.1) is 5.92 Å². The zero-order valence-corrected chi connectivity index (χ0v) is 26.2. The Kier molecular flexibility index (Phi) is 7.79. The standard InChI is InChI=1S/C33H35ClFN3O4Si/c1-21-31(43(2,3)35)29(17-18-39)42-33(21)26-19-24(34)11-15-28(26)37(32(33)41)20-22-9-12-25(13-10-22)38-30(40)16-14-27(36-38)23-7-5-4-6-8-23/h4-13,15,19,21,29,31,39H,14,16-18,20H2,1-3H3/t21-,29+,31-,33+/m0/s1. The van der Waals surface area contributed by atoms with Gasteiger partial charge in [-0.15, -0.1) is 0 Å². The lowest BCUT2D eigenvalue weighted by atomic mass is 9.82. The quantitative estimate of drug-likeness (QED) is 0.239. The van der Waals surface area contributed by atoms with Crippen LogP contribution in [0.2, 0.25) is 23.7 Å². The van der Waals surface area contributed by atoms with Crippen molar-refractivity contribution < 1.29 is 23.5 Å². The third kappa shape index (κ3) is 5.12. The zero-order chi connectivity index (χ0) is 30.5. The van der Waals surface area contributed by atoms with E-state index in [0.717, 1.165) is 16.8 Å². The molecule has 1 saturated heterocycles. The number of hydrogen-bond donors (Lipinski definition) is 1. The largest absolute Gasteiger partial charge is 0.396 e. The van der Waals surface area contributed by atoms with Crippen molar-refractivity contribution in [3.05, 3.63) is 94.5 Å². The van der Waals surface area contributed by atoms with Crippen molar-refractivity contribution >= 4 is 48.9 Å². The summed E-state index contributed by atoms with van der Waals surface area (Å²) in [7, 11) is -3.28. The number of fused-ring (bicyclic) bond motifs is 2. The van der Waals surface area contributed by atoms with E-state index in [4.69, 9.17) is 16.3 Å². The van der Waals surface area contributed by atoms with Crippen LogP contribution < -0.4 is 9.91 Å². The van der Waals surface area contributed by atoms with E-state index in [2.05, 4.69) is 5.10 Å². The summed E-state index contributed by atoms with van der Waals surface area (Å²) in [6, 6.07) is 22.6. The smallest absolute Gasteiger partial charge is 0.264 e. The number of halogens is 2. The fourth-order valence-electron chi connectivity index (χ4n) is 7.09. The Labute approximate surface area is 257 Å². The van der Waals surface area contributed by atoms with Crippen LogP contribution in [-0.2, 0) is 26.5 Å². The molecule has 1 fully saturated rings. The number of ether oxygens (including phenoxy) is 1. The fourth-order valence-corrected chi connectivity index (χ4v) is 9.81. The van der Waals surface area contributed by atoms with Crippen LogP contribution in [0.5, 0.6) is 0 Å². The molecule has 3 aliphatic heterocycles. The molecule has 7 nitrogen and oxygen atoms in total. The number of carbonyl (C=O) groups is 2. The average Bonchev–Trinajstić information content (AvgIpc) is 3.41. The average molecular weight is 620 g/mol. The van der Waals surface area contributed by atoms with Gasteiger partial charge < -0.3 is 18.9 Å². The normalized spacial score (nSPS) is 25.4. The van der Waals surface area contributed by atoms with Gasteiger partial charge in [-0.05, 0) is 61.0 Å². The second-order valence-electron chi connectivity index (χ2n) is 12.1. The highest BCUT2D eigenvalue weighted by Crippen LogP contribution is 2.60. The second-order valence-corrected chi connectivity index (χ2v) is 16.4. The van der Waals surface area contributed by atoms with Crippen molar-refractivity contribution in [3.8, 4) is 0 Å². The van der Waals surface area contributed by atoms with Crippen molar-refractivity contribution in [2.45, 2.75) is 63.1 Å². The molecule has 43 heavy (non-hydrogen) atoms. The van der Waals surface area contributed by atoms with Crippen LogP contribution in [0.4, 0.5) is 15.5 Å². The molecule has 3 heterocycles. The highest BCUT2D eigenvalue weighted by Gasteiger charge is 2.66. The second kappa shape index (κ2) is 11.3. The molecule has 4 atom stereocenters. The molecule has 3 aliphatic rings. The van der Waals surface area contributed by atoms with Crippen LogP contribution in [0.25, 0.3) is 0 Å². The molecule has 3 aromatic carbocycles. The number of hydrogen-bond acceptors (Lipinski definition) is 5. The van der Waals surface area contributed by atoms with Crippen molar-refractivity contribution in [1.29, 1.82) is 0 Å². The van der Waals surface area contributed by atoms with E-state index in [1.54, 1.807) is 30.1 Å². The molecular weight excluding hydrogens is 585 g/mol. The van der Waals surface area contributed by atoms with E-state index in [9.17, 15) is 14.7 Å². The molecule has 0 radical (unpaired) electrons. The third-order valence-electron chi connectivity index (χ3n) is 9.00. The lowest BCUT2D eigenvalue weighted by Crippen LogP contribution is -2.45. The zero-order valence-electron chi connectivity index (χ0n) is 24.5. The maximum absolute atomic E-state index is 15.7. The van der Waals surface area contributed by atoms with E-state index < -0.39 is 31.6 Å². The van der Waals surface area contributed by atoms with E-state index >= 15 is 4.11 Å². The first-order valence-corrected chi connectivity index (χ1v) is 18.0. The Morgan fingerprint density at radius 2 is 1.79 bits per heavy atom. The van der Waals surface area contributed by atoms with Crippen LogP contribution in [0.15, 0.2) is 77.9 Å². The van der Waals surface area contributed by atoms with Crippen LogP contribution in [-0.4, -0.2) is 43.8 Å².